The van der Waals surface area contributed by atoms with Crippen molar-refractivity contribution in [1.82, 2.24) is 4.90 Å². The van der Waals surface area contributed by atoms with E-state index in [0.717, 1.165) is 15.9 Å². The molecule has 0 saturated carbocycles. The van der Waals surface area contributed by atoms with Crippen molar-refractivity contribution in [1.29, 1.82) is 0 Å². The minimum atomic E-state index is -3.04. The van der Waals surface area contributed by atoms with Crippen LogP contribution in [0.4, 0.5) is 5.69 Å². The number of hydrogen-bond acceptors (Lipinski definition) is 6. The SMILES string of the molecule is COc1ccc(CN(C(=O)CO)[C@@H](CO[Si](c2ccccc2)(c2ccccc2)C(C)(C)C)c2cccc(NC(C)=O)c2OC)cc1. The predicted octanol–water partition coefficient (Wildman–Crippen LogP) is 5.30. The molecule has 0 aliphatic carbocycles. The molecule has 2 amide bonds. The molecule has 0 heterocycles. The molecule has 2 N–H and O–H groups in total. The summed E-state index contributed by atoms with van der Waals surface area (Å²) in [5.41, 5.74) is 1.96. The van der Waals surface area contributed by atoms with Crippen molar-refractivity contribution in [3.63, 3.8) is 0 Å². The van der Waals surface area contributed by atoms with Crippen LogP contribution in [0.25, 0.3) is 0 Å². The number of aliphatic hydroxyl groups is 1. The van der Waals surface area contributed by atoms with Gasteiger partial charge in [0, 0.05) is 19.0 Å². The number of anilines is 1. The Morgan fingerprint density at radius 2 is 1.41 bits per heavy atom. The van der Waals surface area contributed by atoms with Crippen LogP contribution in [0.15, 0.2) is 103 Å². The second kappa shape index (κ2) is 15.2. The molecule has 0 unspecified atom stereocenters. The van der Waals surface area contributed by atoms with Gasteiger partial charge in [-0.15, -0.1) is 0 Å². The van der Waals surface area contributed by atoms with Crippen molar-refractivity contribution in [2.75, 3.05) is 32.8 Å². The van der Waals surface area contributed by atoms with Crippen LogP contribution >= 0.6 is 0 Å². The number of amides is 2. The fourth-order valence-corrected chi connectivity index (χ4v) is 10.6. The van der Waals surface area contributed by atoms with E-state index in [4.69, 9.17) is 13.9 Å². The zero-order valence-electron chi connectivity index (χ0n) is 27.4. The molecular formula is C37H44N2O6Si. The maximum atomic E-state index is 13.7. The average molecular weight is 641 g/mol. The number of carbonyl (C=O) groups is 2. The van der Waals surface area contributed by atoms with E-state index in [2.05, 4.69) is 50.4 Å². The minimum absolute atomic E-state index is 0.0923. The molecule has 8 nitrogen and oxygen atoms in total. The first-order chi connectivity index (χ1) is 22.0. The van der Waals surface area contributed by atoms with E-state index in [9.17, 15) is 14.7 Å². The number of nitrogens with one attached hydrogen (secondary N) is 1. The van der Waals surface area contributed by atoms with Crippen LogP contribution in [0.5, 0.6) is 11.5 Å². The van der Waals surface area contributed by atoms with Gasteiger partial charge in [0.25, 0.3) is 8.32 Å². The third-order valence-corrected chi connectivity index (χ3v) is 13.1. The fraction of sp³-hybridized carbons (Fsp3) is 0.297. The van der Waals surface area contributed by atoms with Crippen molar-refractivity contribution < 1.29 is 28.6 Å². The summed E-state index contributed by atoms with van der Waals surface area (Å²) in [6, 6.07) is 32.7. The van der Waals surface area contributed by atoms with Crippen LogP contribution < -0.4 is 25.2 Å². The molecule has 9 heteroatoms. The van der Waals surface area contributed by atoms with E-state index in [0.29, 0.717) is 22.7 Å². The van der Waals surface area contributed by atoms with E-state index in [1.165, 1.54) is 14.0 Å². The molecule has 0 spiro atoms. The summed E-state index contributed by atoms with van der Waals surface area (Å²) >= 11 is 0. The number of nitrogens with zero attached hydrogens (tertiary/aromatic N) is 1. The van der Waals surface area contributed by atoms with E-state index in [-0.39, 0.29) is 24.1 Å². The molecule has 0 fully saturated rings. The van der Waals surface area contributed by atoms with Gasteiger partial charge in [-0.2, -0.15) is 0 Å². The molecule has 46 heavy (non-hydrogen) atoms. The summed E-state index contributed by atoms with van der Waals surface area (Å²) < 4.78 is 18.6. The Hall–Kier alpha value is -4.44. The number of hydrogen-bond donors (Lipinski definition) is 2. The first-order valence-electron chi connectivity index (χ1n) is 15.3. The third kappa shape index (κ3) is 7.50. The fourth-order valence-electron chi connectivity index (χ4n) is 6.04. The molecule has 4 aromatic rings. The van der Waals surface area contributed by atoms with Gasteiger partial charge >= 0.3 is 0 Å². The summed E-state index contributed by atoms with van der Waals surface area (Å²) in [5, 5.41) is 15.0. The van der Waals surface area contributed by atoms with Gasteiger partial charge in [-0.25, -0.2) is 0 Å². The first-order valence-corrected chi connectivity index (χ1v) is 17.2. The summed E-state index contributed by atoms with van der Waals surface area (Å²) in [5.74, 6) is 0.384. The van der Waals surface area contributed by atoms with Gasteiger partial charge in [0.05, 0.1) is 32.6 Å². The molecule has 1 atom stereocenters. The Morgan fingerprint density at radius 1 is 0.826 bits per heavy atom. The maximum absolute atomic E-state index is 13.7. The molecular weight excluding hydrogens is 597 g/mol. The second-order valence-corrected chi connectivity index (χ2v) is 16.4. The summed E-state index contributed by atoms with van der Waals surface area (Å²) in [6.07, 6.45) is 0. The normalized spacial score (nSPS) is 12.2. The van der Waals surface area contributed by atoms with Crippen LogP contribution in [-0.4, -0.2) is 57.6 Å². The third-order valence-electron chi connectivity index (χ3n) is 8.14. The van der Waals surface area contributed by atoms with Crippen molar-refractivity contribution in [2.45, 2.75) is 45.3 Å². The van der Waals surface area contributed by atoms with Gasteiger partial charge in [0.1, 0.15) is 18.1 Å². The van der Waals surface area contributed by atoms with Crippen molar-refractivity contribution >= 4 is 36.2 Å². The smallest absolute Gasteiger partial charge is 0.261 e. The molecule has 242 valence electrons. The largest absolute Gasteiger partial charge is 0.497 e. The Balaban J connectivity index is 1.92. The zero-order chi connectivity index (χ0) is 33.3. The van der Waals surface area contributed by atoms with Crippen LogP contribution in [0.1, 0.15) is 44.9 Å². The van der Waals surface area contributed by atoms with E-state index in [1.54, 1.807) is 18.1 Å². The lowest BCUT2D eigenvalue weighted by molar-refractivity contribution is -0.138. The lowest BCUT2D eigenvalue weighted by Gasteiger charge is -2.44. The number of methoxy groups -OCH3 is 2. The van der Waals surface area contributed by atoms with E-state index < -0.39 is 26.9 Å². The van der Waals surface area contributed by atoms with Gasteiger partial charge in [0.15, 0.2) is 0 Å². The number of aliphatic hydroxyl groups excluding tert-OH is 1. The summed E-state index contributed by atoms with van der Waals surface area (Å²) in [7, 11) is 0.0988. The lowest BCUT2D eigenvalue weighted by atomic mass is 10.0. The van der Waals surface area contributed by atoms with Gasteiger partial charge in [-0.05, 0) is 39.2 Å². The number of carbonyl (C=O) groups excluding carboxylic acids is 2. The number of rotatable bonds is 13. The Labute approximate surface area is 273 Å². The van der Waals surface area contributed by atoms with Crippen molar-refractivity contribution in [2.24, 2.45) is 0 Å². The summed E-state index contributed by atoms with van der Waals surface area (Å²) in [4.78, 5) is 27.4. The second-order valence-electron chi connectivity index (χ2n) is 12.1. The highest BCUT2D eigenvalue weighted by Crippen LogP contribution is 2.41. The van der Waals surface area contributed by atoms with E-state index in [1.807, 2.05) is 72.8 Å². The summed E-state index contributed by atoms with van der Waals surface area (Å²) in [6.45, 7) is 7.60. The molecule has 0 bridgehead atoms. The first kappa shape index (κ1) is 34.4. The van der Waals surface area contributed by atoms with Crippen LogP contribution in [-0.2, 0) is 20.6 Å². The monoisotopic (exact) mass is 640 g/mol. The maximum Gasteiger partial charge on any atom is 0.261 e. The molecule has 0 aromatic heterocycles. The highest BCUT2D eigenvalue weighted by atomic mass is 28.4. The Kier molecular flexibility index (Phi) is 11.4. The predicted molar refractivity (Wildman–Crippen MR) is 184 cm³/mol. The molecule has 4 aromatic carbocycles. The highest BCUT2D eigenvalue weighted by Gasteiger charge is 2.51. The van der Waals surface area contributed by atoms with Gasteiger partial charge < -0.3 is 29.2 Å². The van der Waals surface area contributed by atoms with Crippen LogP contribution in [0.2, 0.25) is 5.04 Å². The zero-order valence-corrected chi connectivity index (χ0v) is 28.4. The average Bonchev–Trinajstić information content (AvgIpc) is 3.06. The standard InChI is InChI=1S/C37H44N2O6Si/c1-27(41)38-33-19-13-18-32(36(33)44-6)34(39(35(42)25-40)24-28-20-22-29(43-5)23-21-28)26-45-46(37(2,3)4,30-14-9-7-10-15-30)31-16-11-8-12-17-31/h7-23,34,40H,24-26H2,1-6H3,(H,38,41)/t34-/m0/s1. The number of benzene rings is 4. The molecule has 0 aliphatic rings. The van der Waals surface area contributed by atoms with Crippen molar-refractivity contribution in [3.8, 4) is 11.5 Å². The van der Waals surface area contributed by atoms with Gasteiger partial charge in [-0.1, -0.05) is 106 Å². The Bertz CT molecular complexity index is 1550. The Morgan fingerprint density at radius 3 is 1.89 bits per heavy atom. The van der Waals surface area contributed by atoms with Gasteiger partial charge in [-0.3, -0.25) is 9.59 Å². The highest BCUT2D eigenvalue weighted by molar-refractivity contribution is 6.99. The van der Waals surface area contributed by atoms with Crippen LogP contribution in [0, 0.1) is 0 Å². The molecule has 0 saturated heterocycles. The lowest BCUT2D eigenvalue weighted by Crippen LogP contribution is -2.67. The minimum Gasteiger partial charge on any atom is -0.497 e. The molecule has 0 aliphatic heterocycles. The quantitative estimate of drug-likeness (QED) is 0.193. The van der Waals surface area contributed by atoms with E-state index >= 15 is 0 Å². The number of para-hydroxylation sites is 1. The molecule has 0 radical (unpaired) electrons. The number of ether oxygens (including phenoxy) is 2. The van der Waals surface area contributed by atoms with Crippen LogP contribution in [0.3, 0.4) is 0 Å². The van der Waals surface area contributed by atoms with Gasteiger partial charge in [0.2, 0.25) is 11.8 Å². The molecule has 4 rings (SSSR count). The topological polar surface area (TPSA) is 97.3 Å². The van der Waals surface area contributed by atoms with Crippen molar-refractivity contribution in [3.05, 3.63) is 114 Å².